The van der Waals surface area contributed by atoms with Gasteiger partial charge in [0.15, 0.2) is 0 Å². The Morgan fingerprint density at radius 1 is 0.810 bits per heavy atom. The predicted octanol–water partition coefficient (Wildman–Crippen LogP) is 4.35. The highest BCUT2D eigenvalue weighted by atomic mass is 14.8. The van der Waals surface area contributed by atoms with Crippen molar-refractivity contribution in [2.45, 2.75) is 20.3 Å². The SMILES string of the molecule is Cc1cc(C)cc(Cc2nccnc2-c2ccccc2)c1. The molecule has 0 saturated carbocycles. The summed E-state index contributed by atoms with van der Waals surface area (Å²) < 4.78 is 0. The molecule has 2 heteroatoms. The molecule has 0 unspecified atom stereocenters. The molecule has 2 aromatic carbocycles. The van der Waals surface area contributed by atoms with E-state index in [2.05, 4.69) is 54.1 Å². The molecule has 1 heterocycles. The normalized spacial score (nSPS) is 10.6. The first-order valence-corrected chi connectivity index (χ1v) is 7.15. The first-order valence-electron chi connectivity index (χ1n) is 7.15. The fourth-order valence-corrected chi connectivity index (χ4v) is 2.70. The second-order valence-corrected chi connectivity index (χ2v) is 5.39. The third kappa shape index (κ3) is 3.16. The van der Waals surface area contributed by atoms with E-state index in [4.69, 9.17) is 0 Å². The number of hydrogen-bond acceptors (Lipinski definition) is 2. The Hall–Kier alpha value is -2.48. The third-order valence-corrected chi connectivity index (χ3v) is 3.47. The quantitative estimate of drug-likeness (QED) is 0.709. The number of nitrogens with zero attached hydrogens (tertiary/aromatic N) is 2. The lowest BCUT2D eigenvalue weighted by Gasteiger charge is -2.09. The topological polar surface area (TPSA) is 25.8 Å². The molecular formula is C19H18N2. The van der Waals surface area contributed by atoms with Crippen LogP contribution < -0.4 is 0 Å². The van der Waals surface area contributed by atoms with Gasteiger partial charge in [-0.05, 0) is 19.4 Å². The average molecular weight is 274 g/mol. The van der Waals surface area contributed by atoms with Gasteiger partial charge in [-0.1, -0.05) is 59.7 Å². The molecule has 1 aromatic heterocycles. The van der Waals surface area contributed by atoms with Crippen molar-refractivity contribution in [1.29, 1.82) is 0 Å². The van der Waals surface area contributed by atoms with Crippen LogP contribution >= 0.6 is 0 Å². The molecule has 0 aliphatic carbocycles. The van der Waals surface area contributed by atoms with Crippen LogP contribution in [0.2, 0.25) is 0 Å². The maximum Gasteiger partial charge on any atom is 0.0920 e. The Kier molecular flexibility index (Phi) is 3.78. The summed E-state index contributed by atoms with van der Waals surface area (Å²) in [5.41, 5.74) is 6.96. The van der Waals surface area contributed by atoms with Gasteiger partial charge in [0.25, 0.3) is 0 Å². The van der Waals surface area contributed by atoms with E-state index >= 15 is 0 Å². The molecule has 104 valence electrons. The van der Waals surface area contributed by atoms with Crippen molar-refractivity contribution in [1.82, 2.24) is 9.97 Å². The lowest BCUT2D eigenvalue weighted by atomic mass is 10.0. The van der Waals surface area contributed by atoms with Crippen LogP contribution in [0, 0.1) is 13.8 Å². The molecule has 0 aliphatic rings. The molecular weight excluding hydrogens is 256 g/mol. The minimum Gasteiger partial charge on any atom is -0.257 e. The van der Waals surface area contributed by atoms with Crippen LogP contribution in [-0.2, 0) is 6.42 Å². The van der Waals surface area contributed by atoms with Crippen LogP contribution in [0.5, 0.6) is 0 Å². The molecule has 0 atom stereocenters. The van der Waals surface area contributed by atoms with Gasteiger partial charge >= 0.3 is 0 Å². The molecule has 0 saturated heterocycles. The van der Waals surface area contributed by atoms with Gasteiger partial charge in [0.05, 0.1) is 11.4 Å². The van der Waals surface area contributed by atoms with Gasteiger partial charge in [-0.25, -0.2) is 0 Å². The zero-order chi connectivity index (χ0) is 14.7. The molecule has 3 rings (SSSR count). The van der Waals surface area contributed by atoms with Crippen LogP contribution in [0.4, 0.5) is 0 Å². The van der Waals surface area contributed by atoms with Crippen molar-refractivity contribution in [3.8, 4) is 11.3 Å². The van der Waals surface area contributed by atoms with Gasteiger partial charge in [0, 0.05) is 24.4 Å². The largest absolute Gasteiger partial charge is 0.257 e. The molecule has 0 radical (unpaired) electrons. The number of hydrogen-bond donors (Lipinski definition) is 0. The van der Waals surface area contributed by atoms with Crippen molar-refractivity contribution >= 4 is 0 Å². The second kappa shape index (κ2) is 5.88. The lowest BCUT2D eigenvalue weighted by Crippen LogP contribution is -1.99. The lowest BCUT2D eigenvalue weighted by molar-refractivity contribution is 1.03. The monoisotopic (exact) mass is 274 g/mol. The summed E-state index contributed by atoms with van der Waals surface area (Å²) in [7, 11) is 0. The maximum absolute atomic E-state index is 4.55. The van der Waals surface area contributed by atoms with E-state index in [9.17, 15) is 0 Å². The Morgan fingerprint density at radius 2 is 1.48 bits per heavy atom. The molecule has 0 spiro atoms. The van der Waals surface area contributed by atoms with Crippen molar-refractivity contribution in [3.05, 3.63) is 83.3 Å². The van der Waals surface area contributed by atoms with Crippen LogP contribution in [0.25, 0.3) is 11.3 Å². The highest BCUT2D eigenvalue weighted by Crippen LogP contribution is 2.22. The highest BCUT2D eigenvalue weighted by Gasteiger charge is 2.08. The molecule has 2 nitrogen and oxygen atoms in total. The van der Waals surface area contributed by atoms with Crippen molar-refractivity contribution in [3.63, 3.8) is 0 Å². The van der Waals surface area contributed by atoms with E-state index in [1.165, 1.54) is 16.7 Å². The van der Waals surface area contributed by atoms with Crippen LogP contribution in [0.15, 0.2) is 60.9 Å². The fraction of sp³-hybridized carbons (Fsp3) is 0.158. The molecule has 0 bridgehead atoms. The van der Waals surface area contributed by atoms with Crippen LogP contribution in [0.3, 0.4) is 0 Å². The van der Waals surface area contributed by atoms with E-state index in [1.807, 2.05) is 18.2 Å². The first kappa shape index (κ1) is 13.5. The van der Waals surface area contributed by atoms with Gasteiger partial charge < -0.3 is 0 Å². The zero-order valence-electron chi connectivity index (χ0n) is 12.4. The third-order valence-electron chi connectivity index (χ3n) is 3.47. The van der Waals surface area contributed by atoms with Gasteiger partial charge in [-0.2, -0.15) is 0 Å². The number of benzene rings is 2. The fourth-order valence-electron chi connectivity index (χ4n) is 2.70. The van der Waals surface area contributed by atoms with Gasteiger partial charge in [0.2, 0.25) is 0 Å². The molecule has 0 N–H and O–H groups in total. The molecule has 0 amide bonds. The number of aryl methyl sites for hydroxylation is 2. The Bertz CT molecular complexity index is 728. The predicted molar refractivity (Wildman–Crippen MR) is 86.2 cm³/mol. The summed E-state index contributed by atoms with van der Waals surface area (Å²) >= 11 is 0. The summed E-state index contributed by atoms with van der Waals surface area (Å²) in [5, 5.41) is 0. The van der Waals surface area contributed by atoms with Gasteiger partial charge in [0.1, 0.15) is 0 Å². The van der Waals surface area contributed by atoms with Crippen molar-refractivity contribution in [2.24, 2.45) is 0 Å². The second-order valence-electron chi connectivity index (χ2n) is 5.39. The number of rotatable bonds is 3. The van der Waals surface area contributed by atoms with Crippen molar-refractivity contribution in [2.75, 3.05) is 0 Å². The van der Waals surface area contributed by atoms with E-state index in [0.717, 1.165) is 23.4 Å². The minimum atomic E-state index is 0.806. The summed E-state index contributed by atoms with van der Waals surface area (Å²) in [4.78, 5) is 9.07. The minimum absolute atomic E-state index is 0.806. The highest BCUT2D eigenvalue weighted by molar-refractivity contribution is 5.61. The zero-order valence-corrected chi connectivity index (χ0v) is 12.4. The Labute approximate surface area is 125 Å². The molecule has 0 aliphatic heterocycles. The van der Waals surface area contributed by atoms with E-state index in [-0.39, 0.29) is 0 Å². The van der Waals surface area contributed by atoms with Gasteiger partial charge in [-0.15, -0.1) is 0 Å². The van der Waals surface area contributed by atoms with Crippen molar-refractivity contribution < 1.29 is 0 Å². The Balaban J connectivity index is 2.00. The number of aromatic nitrogens is 2. The maximum atomic E-state index is 4.55. The standard InChI is InChI=1S/C19H18N2/c1-14-10-15(2)12-16(11-14)13-18-19(21-9-8-20-18)17-6-4-3-5-7-17/h3-12H,13H2,1-2H3. The summed E-state index contributed by atoms with van der Waals surface area (Å²) in [6, 6.07) is 16.9. The van der Waals surface area contributed by atoms with Crippen LogP contribution in [-0.4, -0.2) is 9.97 Å². The summed E-state index contributed by atoms with van der Waals surface area (Å²) in [6.45, 7) is 4.26. The van der Waals surface area contributed by atoms with Gasteiger partial charge in [-0.3, -0.25) is 9.97 Å². The first-order chi connectivity index (χ1) is 10.2. The van der Waals surface area contributed by atoms with E-state index in [1.54, 1.807) is 12.4 Å². The smallest absolute Gasteiger partial charge is 0.0920 e. The van der Waals surface area contributed by atoms with Crippen LogP contribution in [0.1, 0.15) is 22.4 Å². The van der Waals surface area contributed by atoms with E-state index < -0.39 is 0 Å². The summed E-state index contributed by atoms with van der Waals surface area (Å²) in [6.07, 6.45) is 4.33. The average Bonchev–Trinajstić information content (AvgIpc) is 2.48. The van der Waals surface area contributed by atoms with E-state index in [0.29, 0.717) is 0 Å². The molecule has 0 fully saturated rings. The molecule has 3 aromatic rings. The molecule has 21 heavy (non-hydrogen) atoms. The Morgan fingerprint density at radius 3 is 2.19 bits per heavy atom. The summed E-state index contributed by atoms with van der Waals surface area (Å²) in [5.74, 6) is 0.